The van der Waals surface area contributed by atoms with Gasteiger partial charge >= 0.3 is 0 Å². The van der Waals surface area contributed by atoms with Gasteiger partial charge in [0.15, 0.2) is 0 Å². The van der Waals surface area contributed by atoms with E-state index in [0.29, 0.717) is 22.2 Å². The number of amides is 1. The van der Waals surface area contributed by atoms with Crippen LogP contribution in [0.3, 0.4) is 0 Å². The number of carbonyl (C=O) groups is 1. The van der Waals surface area contributed by atoms with E-state index in [1.165, 1.54) is 6.07 Å². The van der Waals surface area contributed by atoms with Gasteiger partial charge in [-0.25, -0.2) is 4.39 Å². The zero-order valence-electron chi connectivity index (χ0n) is 14.6. The summed E-state index contributed by atoms with van der Waals surface area (Å²) in [7, 11) is 0. The van der Waals surface area contributed by atoms with Crippen LogP contribution in [-0.4, -0.2) is 23.9 Å². The Labute approximate surface area is 163 Å². The van der Waals surface area contributed by atoms with Crippen molar-refractivity contribution in [3.05, 3.63) is 63.4 Å². The summed E-state index contributed by atoms with van der Waals surface area (Å²) in [6.45, 7) is 3.98. The largest absolute Gasteiger partial charge is 0.326 e. The second kappa shape index (κ2) is 8.38. The molecule has 1 amide bonds. The van der Waals surface area contributed by atoms with E-state index >= 15 is 0 Å². The number of nitrogens with one attached hydrogen (secondary N) is 1. The molecule has 1 aliphatic rings. The predicted molar refractivity (Wildman–Crippen MR) is 104 cm³/mol. The molecule has 0 spiro atoms. The maximum atomic E-state index is 13.9. The number of likely N-dealkylation sites (tertiary alicyclic amines) is 1. The van der Waals surface area contributed by atoms with Crippen molar-refractivity contribution >= 4 is 34.8 Å². The summed E-state index contributed by atoms with van der Waals surface area (Å²) in [6, 6.07) is 10.2. The van der Waals surface area contributed by atoms with Gasteiger partial charge in [-0.05, 0) is 68.8 Å². The van der Waals surface area contributed by atoms with Crippen molar-refractivity contribution in [1.29, 1.82) is 0 Å². The van der Waals surface area contributed by atoms with Gasteiger partial charge in [0.25, 0.3) is 0 Å². The minimum Gasteiger partial charge on any atom is -0.326 e. The molecule has 1 aliphatic heterocycles. The monoisotopic (exact) mass is 394 g/mol. The van der Waals surface area contributed by atoms with E-state index in [9.17, 15) is 9.18 Å². The molecule has 3 rings (SSSR count). The van der Waals surface area contributed by atoms with Crippen molar-refractivity contribution in [3.63, 3.8) is 0 Å². The highest BCUT2D eigenvalue weighted by molar-refractivity contribution is 6.31. The quantitative estimate of drug-likeness (QED) is 0.763. The lowest BCUT2D eigenvalue weighted by Gasteiger charge is -2.31. The van der Waals surface area contributed by atoms with Crippen molar-refractivity contribution in [1.82, 2.24) is 4.90 Å². The van der Waals surface area contributed by atoms with Crippen LogP contribution in [0.15, 0.2) is 36.4 Å². The first-order chi connectivity index (χ1) is 12.4. The Bertz CT molecular complexity index is 804. The van der Waals surface area contributed by atoms with Crippen molar-refractivity contribution in [2.75, 3.05) is 18.4 Å². The molecule has 1 heterocycles. The van der Waals surface area contributed by atoms with E-state index in [2.05, 4.69) is 10.2 Å². The van der Waals surface area contributed by atoms with Crippen LogP contribution in [0.1, 0.15) is 24.0 Å². The zero-order chi connectivity index (χ0) is 18.7. The molecule has 0 bridgehead atoms. The second-order valence-electron chi connectivity index (χ2n) is 6.73. The van der Waals surface area contributed by atoms with Crippen molar-refractivity contribution in [3.8, 4) is 0 Å². The Hall–Kier alpha value is -1.62. The molecule has 2 aromatic rings. The van der Waals surface area contributed by atoms with Gasteiger partial charge in [-0.15, -0.1) is 0 Å². The number of aryl methyl sites for hydroxylation is 1. The number of benzene rings is 2. The maximum Gasteiger partial charge on any atom is 0.227 e. The second-order valence-corrected chi connectivity index (χ2v) is 7.61. The number of piperidine rings is 1. The topological polar surface area (TPSA) is 32.3 Å². The molecule has 6 heteroatoms. The lowest BCUT2D eigenvalue weighted by molar-refractivity contribution is -0.121. The van der Waals surface area contributed by atoms with Crippen LogP contribution in [0.2, 0.25) is 10.0 Å². The van der Waals surface area contributed by atoms with Gasteiger partial charge in [0, 0.05) is 33.8 Å². The third-order valence-corrected chi connectivity index (χ3v) is 5.28. The molecule has 138 valence electrons. The molecule has 0 atom stereocenters. The summed E-state index contributed by atoms with van der Waals surface area (Å²) in [5.74, 6) is -0.278. The smallest absolute Gasteiger partial charge is 0.227 e. The van der Waals surface area contributed by atoms with E-state index < -0.39 is 0 Å². The lowest BCUT2D eigenvalue weighted by Crippen LogP contribution is -2.38. The number of hydrogen-bond donors (Lipinski definition) is 1. The first-order valence-corrected chi connectivity index (χ1v) is 9.41. The highest BCUT2D eigenvalue weighted by atomic mass is 35.5. The van der Waals surface area contributed by atoms with E-state index in [1.54, 1.807) is 18.2 Å². The molecule has 0 aliphatic carbocycles. The number of nitrogens with zero attached hydrogens (tertiary/aromatic N) is 1. The van der Waals surface area contributed by atoms with Gasteiger partial charge in [-0.1, -0.05) is 29.3 Å². The fourth-order valence-electron chi connectivity index (χ4n) is 3.25. The average Bonchev–Trinajstić information content (AvgIpc) is 2.60. The van der Waals surface area contributed by atoms with Crippen LogP contribution >= 0.6 is 23.2 Å². The standard InChI is InChI=1S/C20H21Cl2FN2O/c1-13-10-16(21)4-5-19(13)24-20(26)14-6-8-25(9-7-14)12-15-2-3-17(22)11-18(15)23/h2-5,10-11,14H,6-9,12H2,1H3,(H,24,26). The molecule has 2 aromatic carbocycles. The molecule has 26 heavy (non-hydrogen) atoms. The number of halogens is 3. The maximum absolute atomic E-state index is 13.9. The van der Waals surface area contributed by atoms with Gasteiger partial charge < -0.3 is 5.32 Å². The van der Waals surface area contributed by atoms with Crippen LogP contribution in [-0.2, 0) is 11.3 Å². The van der Waals surface area contributed by atoms with Crippen molar-refractivity contribution < 1.29 is 9.18 Å². The Morgan fingerprint density at radius 3 is 2.46 bits per heavy atom. The zero-order valence-corrected chi connectivity index (χ0v) is 16.1. The van der Waals surface area contributed by atoms with Crippen LogP contribution in [0.25, 0.3) is 0 Å². The fraction of sp³-hybridized carbons (Fsp3) is 0.350. The summed E-state index contributed by atoms with van der Waals surface area (Å²) in [5, 5.41) is 4.05. The summed E-state index contributed by atoms with van der Waals surface area (Å²) < 4.78 is 13.9. The van der Waals surface area contributed by atoms with E-state index in [1.807, 2.05) is 19.1 Å². The third kappa shape index (κ3) is 4.76. The first kappa shape index (κ1) is 19.2. The van der Waals surface area contributed by atoms with Gasteiger partial charge in [-0.3, -0.25) is 9.69 Å². The Morgan fingerprint density at radius 1 is 1.15 bits per heavy atom. The van der Waals surface area contributed by atoms with E-state index in [0.717, 1.165) is 37.2 Å². The SMILES string of the molecule is Cc1cc(Cl)ccc1NC(=O)C1CCN(Cc2ccc(Cl)cc2F)CC1. The van der Waals surface area contributed by atoms with Gasteiger partial charge in [0.05, 0.1) is 0 Å². The Morgan fingerprint density at radius 2 is 1.81 bits per heavy atom. The predicted octanol–water partition coefficient (Wildman–Crippen LogP) is 5.29. The molecule has 1 fully saturated rings. The summed E-state index contributed by atoms with van der Waals surface area (Å²) in [4.78, 5) is 14.7. The van der Waals surface area contributed by atoms with Gasteiger partial charge in [0.1, 0.15) is 5.82 Å². The molecule has 3 nitrogen and oxygen atoms in total. The fourth-order valence-corrected chi connectivity index (χ4v) is 3.63. The van der Waals surface area contributed by atoms with Crippen LogP contribution in [0.4, 0.5) is 10.1 Å². The summed E-state index contributed by atoms with van der Waals surface area (Å²) in [6.07, 6.45) is 1.52. The Kier molecular flexibility index (Phi) is 6.17. The van der Waals surface area contributed by atoms with E-state index in [-0.39, 0.29) is 17.6 Å². The van der Waals surface area contributed by atoms with Crippen LogP contribution < -0.4 is 5.32 Å². The first-order valence-electron chi connectivity index (χ1n) is 8.65. The summed E-state index contributed by atoms with van der Waals surface area (Å²) in [5.41, 5.74) is 2.38. The van der Waals surface area contributed by atoms with Crippen molar-refractivity contribution in [2.24, 2.45) is 5.92 Å². The van der Waals surface area contributed by atoms with E-state index in [4.69, 9.17) is 23.2 Å². The third-order valence-electron chi connectivity index (χ3n) is 4.81. The van der Waals surface area contributed by atoms with Gasteiger partial charge in [-0.2, -0.15) is 0 Å². The molecule has 0 unspecified atom stereocenters. The number of hydrogen-bond acceptors (Lipinski definition) is 2. The molecule has 1 saturated heterocycles. The number of anilines is 1. The minimum atomic E-state index is -0.282. The highest BCUT2D eigenvalue weighted by Crippen LogP contribution is 2.24. The normalized spacial score (nSPS) is 15.8. The lowest BCUT2D eigenvalue weighted by atomic mass is 9.95. The molecule has 1 N–H and O–H groups in total. The van der Waals surface area contributed by atoms with Crippen LogP contribution in [0, 0.1) is 18.7 Å². The molecule has 0 radical (unpaired) electrons. The number of rotatable bonds is 4. The molecular weight excluding hydrogens is 374 g/mol. The summed E-state index contributed by atoms with van der Waals surface area (Å²) >= 11 is 11.7. The Balaban J connectivity index is 1.53. The molecule has 0 saturated carbocycles. The van der Waals surface area contributed by atoms with Crippen LogP contribution in [0.5, 0.6) is 0 Å². The molecule has 0 aromatic heterocycles. The number of carbonyl (C=O) groups excluding carboxylic acids is 1. The minimum absolute atomic E-state index is 0.0311. The molecular formula is C20H21Cl2FN2O. The average molecular weight is 395 g/mol. The van der Waals surface area contributed by atoms with Crippen molar-refractivity contribution in [2.45, 2.75) is 26.3 Å². The van der Waals surface area contributed by atoms with Gasteiger partial charge in [0.2, 0.25) is 5.91 Å². The highest BCUT2D eigenvalue weighted by Gasteiger charge is 2.25.